The minimum atomic E-state index is -1.59. The van der Waals surface area contributed by atoms with Gasteiger partial charge in [0.15, 0.2) is 6.29 Å². The van der Waals surface area contributed by atoms with Crippen molar-refractivity contribution in [2.45, 2.75) is 288 Å². The van der Waals surface area contributed by atoms with Crippen molar-refractivity contribution < 1.29 is 39.8 Å². The van der Waals surface area contributed by atoms with Gasteiger partial charge in [0.05, 0.1) is 25.4 Å². The van der Waals surface area contributed by atoms with Crippen molar-refractivity contribution >= 4 is 5.91 Å². The topological polar surface area (TPSA) is 149 Å². The number of allylic oxidation sites excluding steroid dienone is 19. The van der Waals surface area contributed by atoms with Crippen molar-refractivity contribution in [3.8, 4) is 0 Å². The number of hydrogen-bond donors (Lipinski definition) is 6. The molecule has 0 spiro atoms. The molecule has 440 valence electrons. The third-order valence-electron chi connectivity index (χ3n) is 14.0. The lowest BCUT2D eigenvalue weighted by Crippen LogP contribution is -2.60. The summed E-state index contributed by atoms with van der Waals surface area (Å²) < 4.78 is 11.3. The molecule has 9 nitrogen and oxygen atoms in total. The highest BCUT2D eigenvalue weighted by molar-refractivity contribution is 5.76. The van der Waals surface area contributed by atoms with E-state index in [9.17, 15) is 30.3 Å². The number of unbranched alkanes of at least 4 members (excludes halogenated alkanes) is 24. The Morgan fingerprint density at radius 3 is 1.25 bits per heavy atom. The summed E-state index contributed by atoms with van der Waals surface area (Å²) in [7, 11) is 0. The number of aliphatic hydroxyl groups is 5. The summed E-state index contributed by atoms with van der Waals surface area (Å²) in [6.45, 7) is 3.63. The van der Waals surface area contributed by atoms with Gasteiger partial charge in [0.1, 0.15) is 24.4 Å². The minimum absolute atomic E-state index is 0.226. The summed E-state index contributed by atoms with van der Waals surface area (Å²) in [5.41, 5.74) is 0. The molecule has 0 aromatic heterocycles. The van der Waals surface area contributed by atoms with Crippen molar-refractivity contribution in [3.05, 3.63) is 122 Å². The van der Waals surface area contributed by atoms with Crippen LogP contribution in [0.1, 0.15) is 245 Å². The second kappa shape index (κ2) is 55.9. The van der Waals surface area contributed by atoms with Crippen LogP contribution in [-0.4, -0.2) is 87.5 Å². The fourth-order valence-electron chi connectivity index (χ4n) is 9.13. The molecule has 1 aliphatic heterocycles. The van der Waals surface area contributed by atoms with Gasteiger partial charge in [-0.25, -0.2) is 0 Å². The van der Waals surface area contributed by atoms with Crippen molar-refractivity contribution in [3.63, 3.8) is 0 Å². The van der Waals surface area contributed by atoms with Crippen LogP contribution in [0.3, 0.4) is 0 Å². The Morgan fingerprint density at radius 2 is 0.818 bits per heavy atom. The van der Waals surface area contributed by atoms with Crippen molar-refractivity contribution in [2.75, 3.05) is 13.2 Å². The molecule has 7 atom stereocenters. The van der Waals surface area contributed by atoms with E-state index in [0.29, 0.717) is 6.42 Å². The number of carbonyl (C=O) groups is 1. The van der Waals surface area contributed by atoms with Crippen LogP contribution in [0.5, 0.6) is 0 Å². The number of carbonyl (C=O) groups excluding carboxylic acids is 1. The highest BCUT2D eigenvalue weighted by Gasteiger charge is 2.44. The van der Waals surface area contributed by atoms with E-state index in [2.05, 4.69) is 129 Å². The highest BCUT2D eigenvalue weighted by Crippen LogP contribution is 2.23. The molecule has 1 rings (SSSR count). The van der Waals surface area contributed by atoms with Gasteiger partial charge < -0.3 is 40.3 Å². The van der Waals surface area contributed by atoms with E-state index in [4.69, 9.17) is 9.47 Å². The van der Waals surface area contributed by atoms with Gasteiger partial charge in [0.25, 0.3) is 0 Å². The van der Waals surface area contributed by atoms with E-state index >= 15 is 0 Å². The molecule has 1 amide bonds. The molecule has 0 aromatic carbocycles. The molecule has 1 heterocycles. The van der Waals surface area contributed by atoms with Crippen LogP contribution in [0.15, 0.2) is 122 Å². The van der Waals surface area contributed by atoms with Gasteiger partial charge in [-0.1, -0.05) is 264 Å². The molecule has 7 unspecified atom stereocenters. The van der Waals surface area contributed by atoms with Crippen LogP contribution in [0.25, 0.3) is 0 Å². The zero-order valence-electron chi connectivity index (χ0n) is 48.9. The SMILES string of the molecule is CC/C=C\C/C=C\C/C=C\C/C=C\C/C=C\C/C=C\C/C=C\C/C=C\CCCCC(=O)NC(COC1OC(CO)C(O)C(O)C1O)C(O)/C=C/CC/C=C/CCCCCCCCCCCCCCCCCCCCCCC. The quantitative estimate of drug-likeness (QED) is 0.0261. The van der Waals surface area contributed by atoms with E-state index in [1.165, 1.54) is 135 Å². The number of hydrogen-bond acceptors (Lipinski definition) is 8. The second-order valence-electron chi connectivity index (χ2n) is 21.1. The number of aliphatic hydroxyl groups excluding tert-OH is 5. The van der Waals surface area contributed by atoms with Gasteiger partial charge in [-0.05, 0) is 96.3 Å². The number of ether oxygens (including phenoxy) is 2. The lowest BCUT2D eigenvalue weighted by atomic mass is 9.99. The monoisotopic (exact) mass is 1070 g/mol. The van der Waals surface area contributed by atoms with Gasteiger partial charge in [0, 0.05) is 6.42 Å². The molecule has 77 heavy (non-hydrogen) atoms. The Bertz CT molecular complexity index is 1620. The zero-order chi connectivity index (χ0) is 55.8. The van der Waals surface area contributed by atoms with Gasteiger partial charge in [-0.3, -0.25) is 4.79 Å². The molecule has 1 saturated heterocycles. The molecule has 0 aliphatic carbocycles. The summed E-state index contributed by atoms with van der Waals surface area (Å²) in [4.78, 5) is 13.1. The molecule has 0 saturated carbocycles. The first-order chi connectivity index (χ1) is 37.8. The molecule has 0 bridgehead atoms. The van der Waals surface area contributed by atoms with Crippen molar-refractivity contribution in [1.29, 1.82) is 0 Å². The normalized spacial score (nSPS) is 19.6. The first kappa shape index (κ1) is 71.6. The summed E-state index contributed by atoms with van der Waals surface area (Å²) in [6.07, 6.45) is 77.1. The van der Waals surface area contributed by atoms with Crippen molar-refractivity contribution in [2.24, 2.45) is 0 Å². The molecule has 9 heteroatoms. The van der Waals surface area contributed by atoms with Crippen LogP contribution < -0.4 is 5.32 Å². The van der Waals surface area contributed by atoms with Crippen LogP contribution in [0.4, 0.5) is 0 Å². The first-order valence-electron chi connectivity index (χ1n) is 31.3. The fourth-order valence-corrected chi connectivity index (χ4v) is 9.13. The second-order valence-corrected chi connectivity index (χ2v) is 21.1. The van der Waals surface area contributed by atoms with Gasteiger partial charge >= 0.3 is 0 Å². The summed E-state index contributed by atoms with van der Waals surface area (Å²) >= 11 is 0. The Labute approximate surface area is 471 Å². The molecule has 0 radical (unpaired) electrons. The van der Waals surface area contributed by atoms with E-state index < -0.39 is 49.5 Å². The number of rotatable bonds is 52. The standard InChI is InChI=1S/C68H115NO8/c1-3-5-7-9-11-13-15-17-19-21-23-25-27-29-31-33-35-37-39-41-43-45-47-49-51-53-55-57-62(71)61(60-76-68-67(75)66(74)65(73)63(59-70)77-68)69-64(72)58-56-54-52-50-48-46-44-42-40-38-36-34-32-30-28-26-24-22-20-18-16-14-12-10-8-6-4-2/h6,8,12,14,18,20,24,26,30,32,36,38,42,44,47-50,55,57,61-63,65-68,70-71,73-75H,3-5,7,9-11,13,15-17,19,21-23,25,27-29,31,33-35,37,39-41,43,45-46,51-54,56,58-60H2,1-2H3,(H,69,72)/b8-6-,14-12-,20-18-,26-24-,32-30-,38-36-,44-42-,49-47+,50-48-,57-55+. The summed E-state index contributed by atoms with van der Waals surface area (Å²) in [5, 5.41) is 54.6. The van der Waals surface area contributed by atoms with E-state index in [1.54, 1.807) is 6.08 Å². The Hall–Kier alpha value is -3.41. The molecule has 1 aliphatic rings. The summed E-state index contributed by atoms with van der Waals surface area (Å²) in [5.74, 6) is -0.232. The van der Waals surface area contributed by atoms with Crippen LogP contribution in [0, 0.1) is 0 Å². The maximum absolute atomic E-state index is 13.1. The molecule has 0 aromatic rings. The predicted molar refractivity (Wildman–Crippen MR) is 327 cm³/mol. The lowest BCUT2D eigenvalue weighted by Gasteiger charge is -2.40. The largest absolute Gasteiger partial charge is 0.394 e. The first-order valence-corrected chi connectivity index (χ1v) is 31.3. The third-order valence-corrected chi connectivity index (χ3v) is 14.0. The Kier molecular flexibility index (Phi) is 52.0. The maximum atomic E-state index is 13.1. The minimum Gasteiger partial charge on any atom is -0.394 e. The van der Waals surface area contributed by atoms with Crippen LogP contribution >= 0.6 is 0 Å². The smallest absolute Gasteiger partial charge is 0.220 e. The maximum Gasteiger partial charge on any atom is 0.220 e. The van der Waals surface area contributed by atoms with Crippen LogP contribution in [0.2, 0.25) is 0 Å². The Morgan fingerprint density at radius 1 is 0.455 bits per heavy atom. The third kappa shape index (κ3) is 45.1. The predicted octanol–water partition coefficient (Wildman–Crippen LogP) is 16.3. The van der Waals surface area contributed by atoms with Crippen LogP contribution in [-0.2, 0) is 14.3 Å². The highest BCUT2D eigenvalue weighted by atomic mass is 16.7. The molecule has 1 fully saturated rings. The average Bonchev–Trinajstić information content (AvgIpc) is 3.43. The van der Waals surface area contributed by atoms with Gasteiger partial charge in [0.2, 0.25) is 5.91 Å². The molecular weight excluding hydrogens is 959 g/mol. The van der Waals surface area contributed by atoms with E-state index in [0.717, 1.165) is 83.5 Å². The number of nitrogens with one attached hydrogen (secondary N) is 1. The Balaban J connectivity index is 2.28. The van der Waals surface area contributed by atoms with Gasteiger partial charge in [-0.2, -0.15) is 0 Å². The van der Waals surface area contributed by atoms with Gasteiger partial charge in [-0.15, -0.1) is 0 Å². The summed E-state index contributed by atoms with van der Waals surface area (Å²) in [6, 6.07) is -0.856. The fraction of sp³-hybridized carbons (Fsp3) is 0.691. The molecular formula is C68H115NO8. The molecule has 6 N–H and O–H groups in total. The van der Waals surface area contributed by atoms with E-state index in [1.807, 2.05) is 6.08 Å². The van der Waals surface area contributed by atoms with Crippen molar-refractivity contribution in [1.82, 2.24) is 5.32 Å². The lowest BCUT2D eigenvalue weighted by molar-refractivity contribution is -0.302. The van der Waals surface area contributed by atoms with E-state index in [-0.39, 0.29) is 18.9 Å². The number of amides is 1. The zero-order valence-corrected chi connectivity index (χ0v) is 48.9. The average molecular weight is 1070 g/mol.